The van der Waals surface area contributed by atoms with Gasteiger partial charge < -0.3 is 33.9 Å². The van der Waals surface area contributed by atoms with Gasteiger partial charge in [0.25, 0.3) is 0 Å². The molecular weight excluding hydrogens is 454 g/mol. The van der Waals surface area contributed by atoms with E-state index in [0.717, 1.165) is 19.4 Å². The maximum atomic E-state index is 13.4. The zero-order chi connectivity index (χ0) is 24.8. The van der Waals surface area contributed by atoms with Crippen LogP contribution in [0.5, 0.6) is 0 Å². The number of rotatable bonds is 4. The summed E-state index contributed by atoms with van der Waals surface area (Å²) in [5.74, 6) is -0.644. The molecule has 0 aromatic carbocycles. The smallest absolute Gasteiger partial charge is 0.303 e. The number of ether oxygens (including phenoxy) is 5. The van der Waals surface area contributed by atoms with Crippen molar-refractivity contribution >= 4 is 5.97 Å². The summed E-state index contributed by atoms with van der Waals surface area (Å²) in [6, 6.07) is -0.280. The average Bonchev–Trinajstić information content (AvgIpc) is 3.38. The van der Waals surface area contributed by atoms with Crippen molar-refractivity contribution in [2.75, 3.05) is 34.1 Å². The standard InChI is InChI=1S/C26H39NO8/c1-6-27-11-22(3)8-7-17(31-4)24-15-9-14-16(29)10-23(18(15)19(14)32-5)25(20(24)27,34-12-33-23)21(26(22,24)30)35-13(2)28/h14-21,29-30H,6-12H2,1-5H3/t14-,15-,16+,17+,18?,19?,20+,21-,22+,23-,24-,25+,26+/m1/s1. The van der Waals surface area contributed by atoms with E-state index in [0.29, 0.717) is 19.4 Å². The van der Waals surface area contributed by atoms with Gasteiger partial charge in [0, 0.05) is 51.4 Å². The third-order valence-corrected chi connectivity index (χ3v) is 12.0. The van der Waals surface area contributed by atoms with Gasteiger partial charge in [-0.2, -0.15) is 0 Å². The molecule has 2 aliphatic heterocycles. The molecule has 7 rings (SSSR count). The number of nitrogens with zero attached hydrogens (tertiary/aromatic N) is 1. The molecule has 2 N–H and O–H groups in total. The third-order valence-electron chi connectivity index (χ3n) is 12.0. The van der Waals surface area contributed by atoms with Crippen LogP contribution in [0.1, 0.15) is 46.5 Å². The van der Waals surface area contributed by atoms with Crippen LogP contribution in [-0.4, -0.2) is 102 Å². The Kier molecular flexibility index (Phi) is 4.52. The zero-order valence-electron chi connectivity index (χ0n) is 21.4. The highest BCUT2D eigenvalue weighted by atomic mass is 16.7. The first kappa shape index (κ1) is 23.3. The summed E-state index contributed by atoms with van der Waals surface area (Å²) in [5, 5.41) is 24.8. The number of aliphatic hydroxyl groups excluding tert-OH is 1. The fourth-order valence-corrected chi connectivity index (χ4v) is 11.5. The lowest BCUT2D eigenvalue weighted by Crippen LogP contribution is -2.83. The number of hydrogen-bond acceptors (Lipinski definition) is 9. The van der Waals surface area contributed by atoms with Crippen LogP contribution in [0.15, 0.2) is 0 Å². The number of aliphatic hydroxyl groups is 2. The highest BCUT2D eigenvalue weighted by Crippen LogP contribution is 2.83. The Morgan fingerprint density at radius 2 is 2.00 bits per heavy atom. The predicted molar refractivity (Wildman–Crippen MR) is 121 cm³/mol. The van der Waals surface area contributed by atoms with E-state index >= 15 is 0 Å². The fourth-order valence-electron chi connectivity index (χ4n) is 11.5. The second-order valence-corrected chi connectivity index (χ2v) is 12.6. The van der Waals surface area contributed by atoms with Gasteiger partial charge in [-0.25, -0.2) is 0 Å². The quantitative estimate of drug-likeness (QED) is 0.547. The van der Waals surface area contributed by atoms with Crippen molar-refractivity contribution in [2.24, 2.45) is 28.6 Å². The lowest BCUT2D eigenvalue weighted by Gasteiger charge is -2.71. The van der Waals surface area contributed by atoms with Crippen molar-refractivity contribution in [3.63, 3.8) is 0 Å². The number of carbonyl (C=O) groups excluding carboxylic acids is 1. The molecule has 196 valence electrons. The lowest BCUT2D eigenvalue weighted by atomic mass is 9.41. The molecule has 7 aliphatic rings. The second-order valence-electron chi connectivity index (χ2n) is 12.6. The van der Waals surface area contributed by atoms with Gasteiger partial charge in [-0.1, -0.05) is 13.8 Å². The molecule has 9 nitrogen and oxygen atoms in total. The Morgan fingerprint density at radius 1 is 1.23 bits per heavy atom. The maximum absolute atomic E-state index is 13.4. The summed E-state index contributed by atoms with van der Waals surface area (Å²) in [6.07, 6.45) is 0.609. The first-order valence-corrected chi connectivity index (χ1v) is 13.3. The monoisotopic (exact) mass is 493 g/mol. The minimum absolute atomic E-state index is 0.0311. The van der Waals surface area contributed by atoms with Crippen LogP contribution >= 0.6 is 0 Å². The first-order chi connectivity index (χ1) is 16.6. The van der Waals surface area contributed by atoms with Crippen molar-refractivity contribution in [3.8, 4) is 0 Å². The van der Waals surface area contributed by atoms with E-state index in [-0.39, 0.29) is 42.8 Å². The molecule has 0 aromatic heterocycles. The van der Waals surface area contributed by atoms with E-state index in [4.69, 9.17) is 23.7 Å². The molecule has 7 fully saturated rings. The number of likely N-dealkylation sites (tertiary alicyclic amines) is 1. The summed E-state index contributed by atoms with van der Waals surface area (Å²) in [7, 11) is 3.44. The van der Waals surface area contributed by atoms with E-state index < -0.39 is 45.8 Å². The van der Waals surface area contributed by atoms with Gasteiger partial charge in [-0.05, 0) is 31.7 Å². The molecule has 2 saturated heterocycles. The van der Waals surface area contributed by atoms with E-state index in [2.05, 4.69) is 18.7 Å². The average molecular weight is 494 g/mol. The van der Waals surface area contributed by atoms with Gasteiger partial charge in [-0.3, -0.25) is 9.69 Å². The molecular formula is C26H39NO8. The van der Waals surface area contributed by atoms with Crippen molar-refractivity contribution < 1.29 is 38.7 Å². The molecule has 0 aromatic rings. The van der Waals surface area contributed by atoms with Crippen LogP contribution in [-0.2, 0) is 28.5 Å². The lowest BCUT2D eigenvalue weighted by molar-refractivity contribution is -0.324. The van der Waals surface area contributed by atoms with Gasteiger partial charge in [0.05, 0.1) is 29.8 Å². The molecule has 9 heteroatoms. The van der Waals surface area contributed by atoms with Crippen LogP contribution in [0.3, 0.4) is 0 Å². The van der Waals surface area contributed by atoms with Gasteiger partial charge in [-0.15, -0.1) is 0 Å². The highest BCUT2D eigenvalue weighted by molar-refractivity contribution is 5.67. The van der Waals surface area contributed by atoms with Gasteiger partial charge in [0.1, 0.15) is 18.0 Å². The minimum Gasteiger partial charge on any atom is -0.456 e. The Labute approximate surface area is 206 Å². The van der Waals surface area contributed by atoms with Gasteiger partial charge in [0.15, 0.2) is 11.7 Å². The molecule has 5 aliphatic carbocycles. The first-order valence-electron chi connectivity index (χ1n) is 13.3. The number of fused-ring (bicyclic) bond motifs is 1. The Hall–Kier alpha value is -0.810. The van der Waals surface area contributed by atoms with Crippen LogP contribution in [0.25, 0.3) is 0 Å². The Balaban J connectivity index is 1.62. The molecule has 0 amide bonds. The summed E-state index contributed by atoms with van der Waals surface area (Å²) in [5.41, 5.74) is -4.76. The van der Waals surface area contributed by atoms with Gasteiger partial charge in [0.2, 0.25) is 0 Å². The molecule has 5 saturated carbocycles. The molecule has 2 unspecified atom stereocenters. The van der Waals surface area contributed by atoms with Crippen LogP contribution in [0, 0.1) is 28.6 Å². The predicted octanol–water partition coefficient (Wildman–Crippen LogP) is 0.696. The summed E-state index contributed by atoms with van der Waals surface area (Å²) in [6.45, 7) is 7.18. The van der Waals surface area contributed by atoms with Crippen molar-refractivity contribution in [1.82, 2.24) is 4.90 Å². The Bertz CT molecular complexity index is 964. The van der Waals surface area contributed by atoms with Crippen LogP contribution < -0.4 is 0 Å². The maximum Gasteiger partial charge on any atom is 0.303 e. The van der Waals surface area contributed by atoms with Gasteiger partial charge >= 0.3 is 5.97 Å². The van der Waals surface area contributed by atoms with E-state index in [9.17, 15) is 15.0 Å². The van der Waals surface area contributed by atoms with Crippen molar-refractivity contribution in [1.29, 1.82) is 0 Å². The topological polar surface area (TPSA) is 107 Å². The molecule has 2 heterocycles. The normalized spacial score (nSPS) is 61.6. The summed E-state index contributed by atoms with van der Waals surface area (Å²) < 4.78 is 32.1. The van der Waals surface area contributed by atoms with Crippen LogP contribution in [0.4, 0.5) is 0 Å². The number of likely N-dealkylation sites (N-methyl/N-ethyl adjacent to an activating group) is 1. The number of esters is 1. The van der Waals surface area contributed by atoms with E-state index in [1.54, 1.807) is 14.2 Å². The van der Waals surface area contributed by atoms with E-state index in [1.165, 1.54) is 6.92 Å². The summed E-state index contributed by atoms with van der Waals surface area (Å²) >= 11 is 0. The highest BCUT2D eigenvalue weighted by Gasteiger charge is 2.98. The molecule has 35 heavy (non-hydrogen) atoms. The number of carbonyl (C=O) groups is 1. The minimum atomic E-state index is -1.38. The third kappa shape index (κ3) is 2.03. The Morgan fingerprint density at radius 3 is 2.66 bits per heavy atom. The van der Waals surface area contributed by atoms with Crippen LogP contribution in [0.2, 0.25) is 0 Å². The molecule has 7 bridgehead atoms. The zero-order valence-corrected chi connectivity index (χ0v) is 21.4. The number of methoxy groups -OCH3 is 2. The number of piperidine rings is 1. The largest absolute Gasteiger partial charge is 0.456 e. The molecule has 0 radical (unpaired) electrons. The summed E-state index contributed by atoms with van der Waals surface area (Å²) in [4.78, 5) is 15.2. The van der Waals surface area contributed by atoms with E-state index in [1.807, 2.05) is 0 Å². The van der Waals surface area contributed by atoms with Crippen molar-refractivity contribution in [3.05, 3.63) is 0 Å². The fraction of sp³-hybridized carbons (Fsp3) is 0.962. The SMILES string of the molecule is CCN1C[C@]2(C)CC[C@H](OC)[C@]34[C@@H]5C[C@H]6C(OC)C5[C@@]5(C[C@@H]6O)OCO[C@@]5([C@@H]13)[C@@H](OC(C)=O)[C@]24O. The number of hydrogen-bond donors (Lipinski definition) is 2. The molecule has 3 spiro atoms. The second kappa shape index (κ2) is 6.79. The molecule has 13 atom stereocenters. The van der Waals surface area contributed by atoms with Crippen molar-refractivity contribution in [2.45, 2.75) is 93.7 Å².